The number of nitrogens with zero attached hydrogens (tertiary/aromatic N) is 7. The molecule has 1 aliphatic rings. The third kappa shape index (κ3) is 5.08. The number of hydrogen-bond acceptors (Lipinski definition) is 12. The number of aromatic amines is 1. The van der Waals surface area contributed by atoms with E-state index in [0.717, 1.165) is 23.1 Å². The van der Waals surface area contributed by atoms with Gasteiger partial charge < -0.3 is 21.7 Å². The zero-order valence-electron chi connectivity index (χ0n) is 23.7. The van der Waals surface area contributed by atoms with Crippen LogP contribution in [0.25, 0.3) is 17.2 Å². The molecule has 3 aromatic heterocycles. The van der Waals surface area contributed by atoms with Crippen molar-refractivity contribution in [1.29, 1.82) is 0 Å². The molecular formula is C29H23FN12O4. The quantitative estimate of drug-likeness (QED) is 0.140. The van der Waals surface area contributed by atoms with Crippen LogP contribution < -0.4 is 32.5 Å². The van der Waals surface area contributed by atoms with Crippen molar-refractivity contribution in [2.24, 2.45) is 0 Å². The highest BCUT2D eigenvalue weighted by Crippen LogP contribution is 2.33. The predicted octanol–water partition coefficient (Wildman–Crippen LogP) is 0.581. The van der Waals surface area contributed by atoms with Crippen molar-refractivity contribution in [1.82, 2.24) is 50.8 Å². The molecule has 46 heavy (non-hydrogen) atoms. The SMILES string of the molecule is Nc1c(NCc2cc(CNC(=O)c3cc(C(=O)N[C@H]4CCc5cc(-c6nn[nH]n6)ccc54)n4ncnc4n3)ccc2F)c(=O)c1=O. The molecule has 3 aromatic carbocycles. The third-order valence-corrected chi connectivity index (χ3v) is 7.81. The monoisotopic (exact) mass is 622 g/mol. The van der Waals surface area contributed by atoms with Gasteiger partial charge in [-0.2, -0.15) is 19.8 Å². The van der Waals surface area contributed by atoms with E-state index in [2.05, 4.69) is 51.6 Å². The number of amides is 2. The van der Waals surface area contributed by atoms with Crippen LogP contribution in [0, 0.1) is 5.82 Å². The molecule has 17 heteroatoms. The smallest absolute Gasteiger partial charge is 0.270 e. The average molecular weight is 623 g/mol. The number of carbonyl (C=O) groups is 2. The van der Waals surface area contributed by atoms with Gasteiger partial charge in [-0.25, -0.2) is 9.37 Å². The van der Waals surface area contributed by atoms with E-state index in [4.69, 9.17) is 5.73 Å². The second kappa shape index (κ2) is 11.3. The molecule has 0 radical (unpaired) electrons. The number of carbonyl (C=O) groups excluding carboxylic acids is 2. The van der Waals surface area contributed by atoms with Crippen molar-refractivity contribution in [2.45, 2.75) is 32.0 Å². The molecule has 230 valence electrons. The zero-order valence-corrected chi connectivity index (χ0v) is 23.7. The number of benzene rings is 2. The van der Waals surface area contributed by atoms with E-state index in [1.165, 1.54) is 35.1 Å². The van der Waals surface area contributed by atoms with Gasteiger partial charge in [0.25, 0.3) is 28.4 Å². The third-order valence-electron chi connectivity index (χ3n) is 7.81. The van der Waals surface area contributed by atoms with E-state index >= 15 is 0 Å². The number of aromatic nitrogens is 8. The summed E-state index contributed by atoms with van der Waals surface area (Å²) in [6.07, 6.45) is 2.64. The number of fused-ring (bicyclic) bond motifs is 2. The molecule has 0 unspecified atom stereocenters. The van der Waals surface area contributed by atoms with Gasteiger partial charge in [-0.1, -0.05) is 18.2 Å². The summed E-state index contributed by atoms with van der Waals surface area (Å²) < 4.78 is 15.7. The number of rotatable bonds is 9. The fraction of sp³-hybridized carbons (Fsp3) is 0.172. The van der Waals surface area contributed by atoms with E-state index in [-0.39, 0.29) is 53.2 Å². The number of nitrogens with two attached hydrogens (primary N) is 1. The average Bonchev–Trinajstić information content (AvgIpc) is 3.85. The maximum absolute atomic E-state index is 14.4. The Morgan fingerprint density at radius 3 is 2.74 bits per heavy atom. The highest BCUT2D eigenvalue weighted by atomic mass is 19.1. The van der Waals surface area contributed by atoms with Gasteiger partial charge >= 0.3 is 0 Å². The summed E-state index contributed by atoms with van der Waals surface area (Å²) >= 11 is 0. The van der Waals surface area contributed by atoms with Gasteiger partial charge in [0, 0.05) is 30.3 Å². The van der Waals surface area contributed by atoms with Gasteiger partial charge in [-0.3, -0.25) is 19.2 Å². The number of tetrazole rings is 1. The number of hydrogen-bond donors (Lipinski definition) is 5. The van der Waals surface area contributed by atoms with E-state index in [0.29, 0.717) is 17.8 Å². The topological polar surface area (TPSA) is 228 Å². The Hall–Kier alpha value is -6.39. The number of nitrogen functional groups attached to an aromatic ring is 1. The first-order chi connectivity index (χ1) is 22.3. The normalized spacial score (nSPS) is 14.0. The van der Waals surface area contributed by atoms with Gasteiger partial charge in [0.1, 0.15) is 34.9 Å². The number of anilines is 2. The Kier molecular flexibility index (Phi) is 6.95. The minimum atomic E-state index is -0.779. The number of halogens is 1. The van der Waals surface area contributed by atoms with Crippen LogP contribution in [-0.4, -0.2) is 52.0 Å². The molecule has 0 bridgehead atoms. The summed E-state index contributed by atoms with van der Waals surface area (Å²) in [7, 11) is 0. The summed E-state index contributed by atoms with van der Waals surface area (Å²) in [5.74, 6) is -1.08. The molecule has 16 nitrogen and oxygen atoms in total. The van der Waals surface area contributed by atoms with Crippen molar-refractivity contribution in [2.75, 3.05) is 11.1 Å². The Morgan fingerprint density at radius 2 is 1.93 bits per heavy atom. The van der Waals surface area contributed by atoms with Crippen molar-refractivity contribution >= 4 is 29.0 Å². The van der Waals surface area contributed by atoms with Crippen LogP contribution in [0.15, 0.2) is 58.4 Å². The molecule has 2 amide bonds. The maximum Gasteiger partial charge on any atom is 0.270 e. The van der Waals surface area contributed by atoms with Crippen molar-refractivity contribution in [3.8, 4) is 11.4 Å². The molecule has 0 saturated carbocycles. The zero-order chi connectivity index (χ0) is 31.9. The van der Waals surface area contributed by atoms with Crippen LogP contribution in [0.4, 0.5) is 15.8 Å². The Balaban J connectivity index is 1.05. The summed E-state index contributed by atoms with van der Waals surface area (Å²) in [4.78, 5) is 57.9. The van der Waals surface area contributed by atoms with Crippen LogP contribution in [-0.2, 0) is 19.5 Å². The van der Waals surface area contributed by atoms with E-state index in [1.807, 2.05) is 18.2 Å². The van der Waals surface area contributed by atoms with Crippen molar-refractivity contribution in [3.63, 3.8) is 0 Å². The van der Waals surface area contributed by atoms with Crippen molar-refractivity contribution in [3.05, 3.63) is 109 Å². The molecule has 0 fully saturated rings. The summed E-state index contributed by atoms with van der Waals surface area (Å²) in [6.45, 7) is -0.0994. The summed E-state index contributed by atoms with van der Waals surface area (Å²) in [5.41, 5.74) is 7.32. The van der Waals surface area contributed by atoms with E-state index in [1.54, 1.807) is 0 Å². The van der Waals surface area contributed by atoms with Gasteiger partial charge in [-0.15, -0.1) is 10.2 Å². The molecule has 3 heterocycles. The number of nitrogens with one attached hydrogen (secondary N) is 4. The second-order valence-corrected chi connectivity index (χ2v) is 10.6. The first-order valence-electron chi connectivity index (χ1n) is 14.0. The first kappa shape index (κ1) is 28.4. The Morgan fingerprint density at radius 1 is 1.07 bits per heavy atom. The predicted molar refractivity (Wildman–Crippen MR) is 160 cm³/mol. The lowest BCUT2D eigenvalue weighted by atomic mass is 10.0. The summed E-state index contributed by atoms with van der Waals surface area (Å²) in [5, 5.41) is 26.6. The standard InChI is InChI=1S/C29H23FN12O4/c30-18-5-1-13(7-16(18)11-32-23-22(31)24(43)25(23)44)10-33-27(45)20-9-21(42-29(37-20)34-12-35-42)28(46)36-19-6-3-14-8-15(2-4-17(14)19)26-38-40-41-39-26/h1-2,4-5,7-9,12,19,32H,3,6,10-11,31H2,(H,33,45)(H,36,46)(H,38,39,40,41)/t19-/m0/s1. The van der Waals surface area contributed by atoms with E-state index < -0.39 is 28.5 Å². The molecular weight excluding hydrogens is 599 g/mol. The molecule has 0 saturated heterocycles. The van der Waals surface area contributed by atoms with Crippen LogP contribution in [0.2, 0.25) is 0 Å². The largest absolute Gasteiger partial charge is 0.394 e. The van der Waals surface area contributed by atoms with Crippen LogP contribution in [0.5, 0.6) is 0 Å². The molecule has 6 N–H and O–H groups in total. The van der Waals surface area contributed by atoms with Crippen molar-refractivity contribution < 1.29 is 14.0 Å². The summed E-state index contributed by atoms with van der Waals surface area (Å²) in [6, 6.07) is 11.0. The lowest BCUT2D eigenvalue weighted by Gasteiger charge is -2.15. The molecule has 6 aromatic rings. The van der Waals surface area contributed by atoms with E-state index in [9.17, 15) is 23.6 Å². The molecule has 1 atom stereocenters. The molecule has 1 aliphatic carbocycles. The lowest BCUT2D eigenvalue weighted by Crippen LogP contribution is -2.37. The van der Waals surface area contributed by atoms with Gasteiger partial charge in [-0.05, 0) is 52.9 Å². The highest BCUT2D eigenvalue weighted by Gasteiger charge is 2.27. The first-order valence-corrected chi connectivity index (χ1v) is 14.0. The van der Waals surface area contributed by atoms with Crippen LogP contribution in [0.1, 0.15) is 55.7 Å². The number of H-pyrrole nitrogens is 1. The molecule has 7 rings (SSSR count). The molecule has 0 spiro atoms. The Bertz CT molecular complexity index is 2220. The van der Waals surface area contributed by atoms with Crippen LogP contribution >= 0.6 is 0 Å². The lowest BCUT2D eigenvalue weighted by molar-refractivity contribution is 0.0929. The van der Waals surface area contributed by atoms with Gasteiger partial charge in [0.15, 0.2) is 0 Å². The van der Waals surface area contributed by atoms with Gasteiger partial charge in [0.05, 0.1) is 6.04 Å². The fourth-order valence-corrected chi connectivity index (χ4v) is 5.43. The minimum Gasteiger partial charge on any atom is -0.394 e. The van der Waals surface area contributed by atoms with Gasteiger partial charge in [0.2, 0.25) is 5.82 Å². The second-order valence-electron chi connectivity index (χ2n) is 10.6. The van der Waals surface area contributed by atoms with Crippen LogP contribution in [0.3, 0.4) is 0 Å². The maximum atomic E-state index is 14.4. The Labute approximate surface area is 257 Å². The number of aryl methyl sites for hydroxylation is 1. The highest BCUT2D eigenvalue weighted by molar-refractivity contribution is 5.98. The fourth-order valence-electron chi connectivity index (χ4n) is 5.43. The minimum absolute atomic E-state index is 0.000150. The molecule has 0 aliphatic heterocycles.